The van der Waals surface area contributed by atoms with Gasteiger partial charge in [-0.3, -0.25) is 9.36 Å². The van der Waals surface area contributed by atoms with Gasteiger partial charge in [-0.1, -0.05) is 12.2 Å². The Kier molecular flexibility index (Phi) is 9.79. The van der Waals surface area contributed by atoms with Crippen LogP contribution in [-0.2, 0) is 23.1 Å². The average molecular weight is 293 g/mol. The molecule has 112 valence electrons. The van der Waals surface area contributed by atoms with Gasteiger partial charge in [0.1, 0.15) is 6.04 Å². The summed E-state index contributed by atoms with van der Waals surface area (Å²) >= 11 is 0. The van der Waals surface area contributed by atoms with Crippen molar-refractivity contribution in [2.24, 2.45) is 0 Å². The summed E-state index contributed by atoms with van der Waals surface area (Å²) in [6.07, 6.45) is 3.73. The molecule has 0 bridgehead atoms. The van der Waals surface area contributed by atoms with E-state index in [4.69, 9.17) is 9.05 Å². The Balaban J connectivity index is 4.06. The summed E-state index contributed by atoms with van der Waals surface area (Å²) in [7, 11) is -1.67. The number of ether oxygens (including phenoxy) is 1. The molecule has 19 heavy (non-hydrogen) atoms. The molecule has 1 atom stereocenters. The van der Waals surface area contributed by atoms with Crippen LogP contribution in [0.25, 0.3) is 0 Å². The van der Waals surface area contributed by atoms with Crippen LogP contribution in [0.5, 0.6) is 0 Å². The molecule has 0 saturated heterocycles. The van der Waals surface area contributed by atoms with Gasteiger partial charge in [-0.2, -0.15) is 0 Å². The van der Waals surface area contributed by atoms with Crippen molar-refractivity contribution in [2.75, 3.05) is 33.0 Å². The summed E-state index contributed by atoms with van der Waals surface area (Å²) in [6, 6.07) is -0.375. The second-order valence-electron chi connectivity index (χ2n) is 3.75. The molecule has 0 aliphatic heterocycles. The molecule has 0 aromatic carbocycles. The lowest BCUT2D eigenvalue weighted by atomic mass is 10.3. The van der Waals surface area contributed by atoms with Gasteiger partial charge in [0, 0.05) is 6.54 Å². The van der Waals surface area contributed by atoms with E-state index < -0.39 is 7.60 Å². The fourth-order valence-electron chi connectivity index (χ4n) is 1.33. The third kappa shape index (κ3) is 8.16. The van der Waals surface area contributed by atoms with Gasteiger partial charge in [-0.05, 0) is 20.8 Å². The van der Waals surface area contributed by atoms with Gasteiger partial charge in [0.05, 0.1) is 26.5 Å². The quantitative estimate of drug-likeness (QED) is 0.377. The van der Waals surface area contributed by atoms with Gasteiger partial charge in [-0.25, -0.2) is 0 Å². The minimum Gasteiger partial charge on any atom is -0.468 e. The molecule has 0 aromatic heterocycles. The van der Waals surface area contributed by atoms with Crippen molar-refractivity contribution in [3.63, 3.8) is 0 Å². The predicted molar refractivity (Wildman–Crippen MR) is 74.3 cm³/mol. The zero-order chi connectivity index (χ0) is 14.7. The molecule has 0 fully saturated rings. The molecule has 1 N–H and O–H groups in total. The fourth-order valence-corrected chi connectivity index (χ4v) is 2.81. The number of carbonyl (C=O) groups excluding carboxylic acids is 1. The van der Waals surface area contributed by atoms with Crippen molar-refractivity contribution in [3.8, 4) is 0 Å². The van der Waals surface area contributed by atoms with Crippen molar-refractivity contribution in [2.45, 2.75) is 26.8 Å². The second kappa shape index (κ2) is 10.1. The Bertz CT molecular complexity index is 322. The van der Waals surface area contributed by atoms with Crippen molar-refractivity contribution < 1.29 is 23.1 Å². The molecule has 6 nitrogen and oxygen atoms in total. The van der Waals surface area contributed by atoms with Crippen molar-refractivity contribution in [1.82, 2.24) is 5.32 Å². The molecule has 0 rings (SSSR count). The van der Waals surface area contributed by atoms with Crippen LogP contribution in [0.2, 0.25) is 0 Å². The average Bonchev–Trinajstić information content (AvgIpc) is 2.37. The first-order valence-corrected chi connectivity index (χ1v) is 8.06. The largest absolute Gasteiger partial charge is 0.468 e. The van der Waals surface area contributed by atoms with Crippen LogP contribution < -0.4 is 5.32 Å². The smallest absolute Gasteiger partial charge is 0.334 e. The van der Waals surface area contributed by atoms with Gasteiger partial charge in [-0.15, -0.1) is 0 Å². The van der Waals surface area contributed by atoms with E-state index in [1.807, 2.05) is 0 Å². The third-order valence-corrected chi connectivity index (χ3v) is 4.21. The molecule has 1 unspecified atom stereocenters. The normalized spacial score (nSPS) is 13.7. The van der Waals surface area contributed by atoms with Crippen molar-refractivity contribution >= 4 is 13.6 Å². The number of hydrogen-bond donors (Lipinski definition) is 1. The molecule has 0 aromatic rings. The van der Waals surface area contributed by atoms with Gasteiger partial charge < -0.3 is 19.1 Å². The predicted octanol–water partition coefficient (Wildman–Crippen LogP) is 1.96. The number of carbonyl (C=O) groups is 1. The van der Waals surface area contributed by atoms with Crippen LogP contribution in [0.15, 0.2) is 12.2 Å². The molecule has 0 heterocycles. The van der Waals surface area contributed by atoms with Gasteiger partial charge in [0.25, 0.3) is 0 Å². The van der Waals surface area contributed by atoms with Crippen LogP contribution in [0.1, 0.15) is 20.8 Å². The first-order valence-electron chi connectivity index (χ1n) is 6.33. The third-order valence-electron chi connectivity index (χ3n) is 2.24. The first-order chi connectivity index (χ1) is 8.99. The molecule has 0 amide bonds. The van der Waals surface area contributed by atoms with Crippen LogP contribution in [0.4, 0.5) is 0 Å². The van der Waals surface area contributed by atoms with Crippen molar-refractivity contribution in [1.29, 1.82) is 0 Å². The summed E-state index contributed by atoms with van der Waals surface area (Å²) in [5, 5.41) is 2.95. The summed E-state index contributed by atoms with van der Waals surface area (Å²) in [4.78, 5) is 11.1. The van der Waals surface area contributed by atoms with Crippen LogP contribution in [0, 0.1) is 0 Å². The SMILES string of the molecule is CCOP(=O)(CC=CCNC(C)C(=O)OC)OCC. The minimum absolute atomic E-state index is 0.225. The van der Waals surface area contributed by atoms with Gasteiger partial charge in [0.15, 0.2) is 0 Å². The molecule has 0 aliphatic rings. The number of nitrogens with one attached hydrogen (secondary N) is 1. The maximum atomic E-state index is 12.1. The monoisotopic (exact) mass is 293 g/mol. The van der Waals surface area contributed by atoms with E-state index in [2.05, 4.69) is 10.1 Å². The Morgan fingerprint density at radius 2 is 1.84 bits per heavy atom. The first kappa shape index (κ1) is 18.3. The maximum absolute atomic E-state index is 12.1. The van der Waals surface area contributed by atoms with Crippen molar-refractivity contribution in [3.05, 3.63) is 12.2 Å². The summed E-state index contributed by atoms with van der Waals surface area (Å²) in [5.74, 6) is -0.317. The fraction of sp³-hybridized carbons (Fsp3) is 0.750. The summed E-state index contributed by atoms with van der Waals surface area (Å²) in [6.45, 7) is 6.44. The van der Waals surface area contributed by atoms with Crippen LogP contribution in [-0.4, -0.2) is 45.0 Å². The van der Waals surface area contributed by atoms with E-state index >= 15 is 0 Å². The number of esters is 1. The molecular weight excluding hydrogens is 269 g/mol. The summed E-state index contributed by atoms with van der Waals surface area (Å²) in [5.41, 5.74) is 0. The number of rotatable bonds is 10. The van der Waals surface area contributed by atoms with E-state index in [0.717, 1.165) is 0 Å². The molecule has 7 heteroatoms. The Hall–Kier alpha value is -0.680. The Morgan fingerprint density at radius 3 is 2.32 bits per heavy atom. The highest BCUT2D eigenvalue weighted by atomic mass is 31.2. The molecule has 0 saturated carbocycles. The lowest BCUT2D eigenvalue weighted by molar-refractivity contribution is -0.142. The van der Waals surface area contributed by atoms with Crippen LogP contribution in [0.3, 0.4) is 0 Å². The van der Waals surface area contributed by atoms with Gasteiger partial charge >= 0.3 is 13.6 Å². The highest BCUT2D eigenvalue weighted by molar-refractivity contribution is 7.54. The molecular formula is C12H24NO5P. The lowest BCUT2D eigenvalue weighted by Crippen LogP contribution is -2.34. The van der Waals surface area contributed by atoms with E-state index in [9.17, 15) is 9.36 Å². The molecule has 0 radical (unpaired) electrons. The zero-order valence-corrected chi connectivity index (χ0v) is 12.9. The van der Waals surface area contributed by atoms with E-state index in [1.165, 1.54) is 7.11 Å². The second-order valence-corrected chi connectivity index (χ2v) is 5.86. The zero-order valence-electron chi connectivity index (χ0n) is 12.0. The number of allylic oxidation sites excluding steroid dienone is 1. The highest BCUT2D eigenvalue weighted by Gasteiger charge is 2.20. The minimum atomic E-state index is -3.01. The summed E-state index contributed by atoms with van der Waals surface area (Å²) < 4.78 is 26.9. The number of methoxy groups -OCH3 is 1. The topological polar surface area (TPSA) is 73.9 Å². The van der Waals surface area contributed by atoms with E-state index in [1.54, 1.807) is 32.9 Å². The maximum Gasteiger partial charge on any atom is 0.334 e. The van der Waals surface area contributed by atoms with Gasteiger partial charge in [0.2, 0.25) is 0 Å². The standard InChI is InChI=1S/C12H24NO5P/c1-5-17-19(15,18-6-2)10-8-7-9-13-11(3)12(14)16-4/h7-8,11,13H,5-6,9-10H2,1-4H3. The number of hydrogen-bond acceptors (Lipinski definition) is 6. The molecule has 0 spiro atoms. The molecule has 0 aliphatic carbocycles. The van der Waals surface area contributed by atoms with E-state index in [-0.39, 0.29) is 18.2 Å². The van der Waals surface area contributed by atoms with E-state index in [0.29, 0.717) is 19.8 Å². The Morgan fingerprint density at radius 1 is 1.26 bits per heavy atom. The Labute approximate surface area is 115 Å². The highest BCUT2D eigenvalue weighted by Crippen LogP contribution is 2.47. The van der Waals surface area contributed by atoms with Crippen LogP contribution >= 0.6 is 7.60 Å². The lowest BCUT2D eigenvalue weighted by Gasteiger charge is -2.14.